The summed E-state index contributed by atoms with van der Waals surface area (Å²) < 4.78 is 5.59. The van der Waals surface area contributed by atoms with Crippen molar-refractivity contribution in [2.75, 3.05) is 6.54 Å². The van der Waals surface area contributed by atoms with Crippen molar-refractivity contribution < 1.29 is 14.6 Å². The zero-order valence-electron chi connectivity index (χ0n) is 14.0. The third kappa shape index (κ3) is 3.77. The number of carbonyl (C=O) groups is 1. The SMILES string of the molecule is CC(C)(C)OC(=O)C1[C@H](Cc2ncccc2O)CNC1(C)C. The van der Waals surface area contributed by atoms with E-state index in [1.165, 1.54) is 0 Å². The van der Waals surface area contributed by atoms with Gasteiger partial charge in [0, 0.05) is 11.7 Å². The molecule has 1 unspecified atom stereocenters. The van der Waals surface area contributed by atoms with Crippen LogP contribution in [0.2, 0.25) is 0 Å². The quantitative estimate of drug-likeness (QED) is 0.838. The molecule has 1 fully saturated rings. The van der Waals surface area contributed by atoms with E-state index < -0.39 is 5.60 Å². The first kappa shape index (κ1) is 16.7. The fourth-order valence-electron chi connectivity index (χ4n) is 3.09. The van der Waals surface area contributed by atoms with Crippen molar-refractivity contribution >= 4 is 5.97 Å². The van der Waals surface area contributed by atoms with Crippen LogP contribution in [0, 0.1) is 11.8 Å². The van der Waals surface area contributed by atoms with Gasteiger partial charge < -0.3 is 15.2 Å². The van der Waals surface area contributed by atoms with Crippen LogP contribution in [0.15, 0.2) is 18.3 Å². The number of pyridine rings is 1. The van der Waals surface area contributed by atoms with Gasteiger partial charge in [-0.05, 0) is 65.6 Å². The number of hydrogen-bond donors (Lipinski definition) is 2. The Morgan fingerprint density at radius 3 is 2.77 bits per heavy atom. The second-order valence-electron chi connectivity index (χ2n) is 7.55. The molecule has 2 heterocycles. The number of nitrogens with one attached hydrogen (secondary N) is 1. The van der Waals surface area contributed by atoms with Crippen LogP contribution in [0.1, 0.15) is 40.3 Å². The molecule has 0 aromatic carbocycles. The molecule has 0 aliphatic carbocycles. The number of ether oxygens (including phenoxy) is 1. The lowest BCUT2D eigenvalue weighted by Gasteiger charge is -2.31. The molecule has 1 aromatic rings. The van der Waals surface area contributed by atoms with Gasteiger partial charge >= 0.3 is 5.97 Å². The van der Waals surface area contributed by atoms with Crippen LogP contribution in [0.3, 0.4) is 0 Å². The van der Waals surface area contributed by atoms with Gasteiger partial charge in [-0.1, -0.05) is 0 Å². The number of esters is 1. The van der Waals surface area contributed by atoms with E-state index in [2.05, 4.69) is 10.3 Å². The Morgan fingerprint density at radius 1 is 1.50 bits per heavy atom. The molecule has 5 nitrogen and oxygen atoms in total. The second kappa shape index (κ2) is 5.88. The Labute approximate surface area is 132 Å². The smallest absolute Gasteiger partial charge is 0.311 e. The van der Waals surface area contributed by atoms with Gasteiger partial charge in [0.25, 0.3) is 0 Å². The van der Waals surface area contributed by atoms with E-state index in [-0.39, 0.29) is 29.1 Å². The summed E-state index contributed by atoms with van der Waals surface area (Å²) in [6.45, 7) is 10.4. The molecule has 2 rings (SSSR count). The summed E-state index contributed by atoms with van der Waals surface area (Å²) in [5, 5.41) is 13.3. The first-order valence-corrected chi connectivity index (χ1v) is 7.71. The van der Waals surface area contributed by atoms with Gasteiger partial charge in [-0.2, -0.15) is 0 Å². The van der Waals surface area contributed by atoms with Gasteiger partial charge in [-0.3, -0.25) is 9.78 Å². The lowest BCUT2D eigenvalue weighted by molar-refractivity contribution is -0.163. The van der Waals surface area contributed by atoms with E-state index in [4.69, 9.17) is 4.74 Å². The standard InChI is InChI=1S/C17H26N2O3/c1-16(2,3)22-15(21)14-11(10-19-17(14,4)5)9-12-13(20)7-6-8-18-12/h6-8,11,14,19-20H,9-10H2,1-5H3/t11-,14?/m1/s1. The summed E-state index contributed by atoms with van der Waals surface area (Å²) >= 11 is 0. The molecule has 0 spiro atoms. The average molecular weight is 306 g/mol. The highest BCUT2D eigenvalue weighted by atomic mass is 16.6. The topological polar surface area (TPSA) is 71.5 Å². The third-order valence-corrected chi connectivity index (χ3v) is 4.05. The van der Waals surface area contributed by atoms with Gasteiger partial charge in [0.1, 0.15) is 11.4 Å². The molecule has 1 saturated heterocycles. The van der Waals surface area contributed by atoms with Crippen molar-refractivity contribution in [3.05, 3.63) is 24.0 Å². The molecule has 1 aliphatic rings. The number of aromatic nitrogens is 1. The molecule has 2 atom stereocenters. The number of aromatic hydroxyl groups is 1. The van der Waals surface area contributed by atoms with Gasteiger partial charge in [-0.15, -0.1) is 0 Å². The maximum absolute atomic E-state index is 12.6. The molecule has 1 aliphatic heterocycles. The van der Waals surface area contributed by atoms with Gasteiger partial charge in [-0.25, -0.2) is 0 Å². The Kier molecular flexibility index (Phi) is 4.47. The summed E-state index contributed by atoms with van der Waals surface area (Å²) in [6.07, 6.45) is 2.21. The lowest BCUT2D eigenvalue weighted by atomic mass is 9.80. The Hall–Kier alpha value is -1.62. The summed E-state index contributed by atoms with van der Waals surface area (Å²) in [6, 6.07) is 3.32. The minimum Gasteiger partial charge on any atom is -0.506 e. The van der Waals surface area contributed by atoms with Gasteiger partial charge in [0.2, 0.25) is 0 Å². The van der Waals surface area contributed by atoms with Crippen LogP contribution in [0.4, 0.5) is 0 Å². The molecule has 1 aromatic heterocycles. The van der Waals surface area contributed by atoms with Crippen molar-refractivity contribution in [2.24, 2.45) is 11.8 Å². The third-order valence-electron chi connectivity index (χ3n) is 4.05. The van der Waals surface area contributed by atoms with Crippen molar-refractivity contribution in [3.8, 4) is 5.75 Å². The van der Waals surface area contributed by atoms with Crippen molar-refractivity contribution in [2.45, 2.75) is 52.2 Å². The molecule has 22 heavy (non-hydrogen) atoms. The molecule has 0 bridgehead atoms. The predicted molar refractivity (Wildman–Crippen MR) is 84.5 cm³/mol. The first-order valence-electron chi connectivity index (χ1n) is 7.71. The zero-order chi connectivity index (χ0) is 16.5. The Morgan fingerprint density at radius 2 is 2.18 bits per heavy atom. The summed E-state index contributed by atoms with van der Waals surface area (Å²) in [7, 11) is 0. The van der Waals surface area contributed by atoms with Crippen LogP contribution in [0.25, 0.3) is 0 Å². The van der Waals surface area contributed by atoms with E-state index in [0.29, 0.717) is 18.7 Å². The van der Waals surface area contributed by atoms with E-state index in [9.17, 15) is 9.90 Å². The Bertz CT molecular complexity index is 549. The zero-order valence-corrected chi connectivity index (χ0v) is 14.0. The van der Waals surface area contributed by atoms with Crippen LogP contribution in [0.5, 0.6) is 5.75 Å². The molecule has 2 N–H and O–H groups in total. The van der Waals surface area contributed by atoms with Gasteiger partial charge in [0.05, 0.1) is 11.6 Å². The molecular formula is C17H26N2O3. The predicted octanol–water partition coefficient (Wildman–Crippen LogP) is 2.29. The molecule has 122 valence electrons. The number of rotatable bonds is 3. The van der Waals surface area contributed by atoms with E-state index in [0.717, 1.165) is 0 Å². The van der Waals surface area contributed by atoms with Crippen LogP contribution < -0.4 is 5.32 Å². The normalized spacial score (nSPS) is 24.2. The van der Waals surface area contributed by atoms with E-state index in [1.54, 1.807) is 18.3 Å². The average Bonchev–Trinajstić information content (AvgIpc) is 2.65. The molecule has 0 saturated carbocycles. The molecule has 0 radical (unpaired) electrons. The van der Waals surface area contributed by atoms with E-state index >= 15 is 0 Å². The number of carbonyl (C=O) groups excluding carboxylic acids is 1. The maximum atomic E-state index is 12.6. The number of nitrogens with zero attached hydrogens (tertiary/aromatic N) is 1. The largest absolute Gasteiger partial charge is 0.506 e. The number of hydrogen-bond acceptors (Lipinski definition) is 5. The lowest BCUT2D eigenvalue weighted by Crippen LogP contribution is -2.45. The Balaban J connectivity index is 2.20. The fourth-order valence-corrected chi connectivity index (χ4v) is 3.09. The monoisotopic (exact) mass is 306 g/mol. The van der Waals surface area contributed by atoms with Crippen LogP contribution in [-0.2, 0) is 16.0 Å². The second-order valence-corrected chi connectivity index (χ2v) is 7.55. The fraction of sp³-hybridized carbons (Fsp3) is 0.647. The highest BCUT2D eigenvalue weighted by Crippen LogP contribution is 2.36. The van der Waals surface area contributed by atoms with E-state index in [1.807, 2.05) is 34.6 Å². The minimum absolute atomic E-state index is 0.0469. The highest BCUT2D eigenvalue weighted by Gasteiger charge is 2.48. The molecular weight excluding hydrogens is 280 g/mol. The van der Waals surface area contributed by atoms with Crippen molar-refractivity contribution in [1.29, 1.82) is 0 Å². The summed E-state index contributed by atoms with van der Waals surface area (Å²) in [5.41, 5.74) is -0.217. The maximum Gasteiger partial charge on any atom is 0.311 e. The molecule has 5 heteroatoms. The van der Waals surface area contributed by atoms with Crippen molar-refractivity contribution in [1.82, 2.24) is 10.3 Å². The molecule has 0 amide bonds. The van der Waals surface area contributed by atoms with Crippen LogP contribution >= 0.6 is 0 Å². The summed E-state index contributed by atoms with van der Waals surface area (Å²) in [5.74, 6) is -0.239. The highest BCUT2D eigenvalue weighted by molar-refractivity contribution is 5.75. The van der Waals surface area contributed by atoms with Crippen molar-refractivity contribution in [3.63, 3.8) is 0 Å². The minimum atomic E-state index is -0.507. The summed E-state index contributed by atoms with van der Waals surface area (Å²) in [4.78, 5) is 16.8. The van der Waals surface area contributed by atoms with Crippen LogP contribution in [-0.4, -0.2) is 33.7 Å². The first-order chi connectivity index (χ1) is 10.1. The van der Waals surface area contributed by atoms with Gasteiger partial charge in [0.15, 0.2) is 0 Å².